The van der Waals surface area contributed by atoms with Gasteiger partial charge in [0.2, 0.25) is 0 Å². The molecule has 0 saturated carbocycles. The van der Waals surface area contributed by atoms with Crippen LogP contribution >= 0.6 is 11.3 Å². The van der Waals surface area contributed by atoms with Gasteiger partial charge in [0.05, 0.1) is 0 Å². The van der Waals surface area contributed by atoms with Crippen molar-refractivity contribution < 1.29 is 9.63 Å². The highest BCUT2D eigenvalue weighted by molar-refractivity contribution is 7.12. The summed E-state index contributed by atoms with van der Waals surface area (Å²) in [5.41, 5.74) is 1.71. The van der Waals surface area contributed by atoms with Gasteiger partial charge in [-0.1, -0.05) is 16.5 Å². The first-order valence-electron chi connectivity index (χ1n) is 3.30. The van der Waals surface area contributed by atoms with Crippen LogP contribution in [0.15, 0.2) is 10.7 Å². The highest BCUT2D eigenvalue weighted by Crippen LogP contribution is 2.02. The number of carbonyl (C=O) groups excluding carboxylic acids is 1. The molecule has 0 aliphatic heterocycles. The standard InChI is InChI=1S/C6H7N3O2S/c1-2-11-9-5(3-10)6-8-7-4-12-6/h3-4H,2H2,1H3/b9-5-. The van der Waals surface area contributed by atoms with Crippen LogP contribution in [0.2, 0.25) is 0 Å². The minimum Gasteiger partial charge on any atom is -0.395 e. The molecule has 6 heteroatoms. The molecule has 0 spiro atoms. The third-order valence-corrected chi connectivity index (χ3v) is 1.70. The van der Waals surface area contributed by atoms with E-state index in [0.717, 1.165) is 0 Å². The van der Waals surface area contributed by atoms with Gasteiger partial charge in [0, 0.05) is 0 Å². The highest BCUT2D eigenvalue weighted by atomic mass is 32.1. The Kier molecular flexibility index (Phi) is 3.34. The number of aromatic nitrogens is 2. The van der Waals surface area contributed by atoms with Crippen LogP contribution in [0.4, 0.5) is 0 Å². The van der Waals surface area contributed by atoms with Crippen molar-refractivity contribution in [2.45, 2.75) is 6.92 Å². The summed E-state index contributed by atoms with van der Waals surface area (Å²) in [4.78, 5) is 15.1. The summed E-state index contributed by atoms with van der Waals surface area (Å²) in [6.45, 7) is 2.21. The van der Waals surface area contributed by atoms with Crippen LogP contribution in [-0.4, -0.2) is 28.8 Å². The Balaban J connectivity index is 2.76. The van der Waals surface area contributed by atoms with Gasteiger partial charge in [0.25, 0.3) is 0 Å². The van der Waals surface area contributed by atoms with E-state index in [9.17, 15) is 4.79 Å². The van der Waals surface area contributed by atoms with Crippen LogP contribution in [0.1, 0.15) is 11.9 Å². The molecule has 0 amide bonds. The molecule has 0 aliphatic rings. The molecule has 0 radical (unpaired) electrons. The third kappa shape index (κ3) is 2.09. The Morgan fingerprint density at radius 3 is 3.25 bits per heavy atom. The smallest absolute Gasteiger partial charge is 0.180 e. The van der Waals surface area contributed by atoms with Gasteiger partial charge >= 0.3 is 0 Å². The lowest BCUT2D eigenvalue weighted by Crippen LogP contribution is -2.02. The molecule has 0 N–H and O–H groups in total. The molecule has 0 fully saturated rings. The average Bonchev–Trinajstić information content (AvgIpc) is 2.59. The van der Waals surface area contributed by atoms with Gasteiger partial charge in [-0.25, -0.2) is 0 Å². The van der Waals surface area contributed by atoms with E-state index >= 15 is 0 Å². The van der Waals surface area contributed by atoms with Gasteiger partial charge in [-0.05, 0) is 6.92 Å². The van der Waals surface area contributed by atoms with Crippen molar-refractivity contribution >= 4 is 23.3 Å². The SMILES string of the molecule is CCO/N=C(/C=O)c1nncs1. The van der Waals surface area contributed by atoms with Crippen molar-refractivity contribution in [2.75, 3.05) is 6.61 Å². The number of hydrogen-bond donors (Lipinski definition) is 0. The van der Waals surface area contributed by atoms with Crippen LogP contribution in [0.5, 0.6) is 0 Å². The molecule has 12 heavy (non-hydrogen) atoms. The summed E-state index contributed by atoms with van der Waals surface area (Å²) in [6, 6.07) is 0. The van der Waals surface area contributed by atoms with Gasteiger partial charge in [0.1, 0.15) is 12.1 Å². The molecule has 0 unspecified atom stereocenters. The molecule has 64 valence electrons. The maximum atomic E-state index is 10.4. The first kappa shape index (κ1) is 8.79. The Hall–Kier alpha value is -1.30. The van der Waals surface area contributed by atoms with Crippen molar-refractivity contribution in [3.05, 3.63) is 10.5 Å². The molecule has 1 aromatic rings. The Morgan fingerprint density at radius 2 is 2.75 bits per heavy atom. The first-order chi connectivity index (χ1) is 5.88. The maximum absolute atomic E-state index is 10.4. The van der Waals surface area contributed by atoms with E-state index in [1.165, 1.54) is 16.8 Å². The van der Waals surface area contributed by atoms with Crippen molar-refractivity contribution in [1.82, 2.24) is 10.2 Å². The molecule has 0 aliphatic carbocycles. The monoisotopic (exact) mass is 185 g/mol. The number of hydrogen-bond acceptors (Lipinski definition) is 6. The second-order valence-electron chi connectivity index (χ2n) is 1.76. The molecular weight excluding hydrogens is 178 g/mol. The summed E-state index contributed by atoms with van der Waals surface area (Å²) in [7, 11) is 0. The number of nitrogens with zero attached hydrogens (tertiary/aromatic N) is 3. The summed E-state index contributed by atoms with van der Waals surface area (Å²) >= 11 is 1.24. The molecule has 0 bridgehead atoms. The van der Waals surface area contributed by atoms with E-state index in [-0.39, 0.29) is 5.71 Å². The minimum absolute atomic E-state index is 0.180. The second kappa shape index (κ2) is 4.55. The maximum Gasteiger partial charge on any atom is 0.180 e. The van der Waals surface area contributed by atoms with E-state index in [0.29, 0.717) is 17.9 Å². The van der Waals surface area contributed by atoms with Gasteiger partial charge in [-0.2, -0.15) is 0 Å². The zero-order valence-electron chi connectivity index (χ0n) is 6.43. The average molecular weight is 185 g/mol. The number of oxime groups is 1. The molecule has 1 aromatic heterocycles. The zero-order valence-corrected chi connectivity index (χ0v) is 7.24. The second-order valence-corrected chi connectivity index (χ2v) is 2.59. The number of carbonyl (C=O) groups is 1. The Bertz CT molecular complexity index is 270. The Morgan fingerprint density at radius 1 is 1.92 bits per heavy atom. The normalized spacial score (nSPS) is 11.2. The number of rotatable bonds is 4. The van der Waals surface area contributed by atoms with E-state index in [4.69, 9.17) is 4.84 Å². The van der Waals surface area contributed by atoms with Gasteiger partial charge in [0.15, 0.2) is 17.0 Å². The van der Waals surface area contributed by atoms with Crippen LogP contribution in [-0.2, 0) is 9.63 Å². The van der Waals surface area contributed by atoms with Crippen molar-refractivity contribution in [3.8, 4) is 0 Å². The van der Waals surface area contributed by atoms with Crippen molar-refractivity contribution in [3.63, 3.8) is 0 Å². The molecule has 1 rings (SSSR count). The lowest BCUT2D eigenvalue weighted by atomic mass is 10.4. The van der Waals surface area contributed by atoms with Crippen molar-refractivity contribution in [1.29, 1.82) is 0 Å². The van der Waals surface area contributed by atoms with Crippen LogP contribution in [0.3, 0.4) is 0 Å². The zero-order chi connectivity index (χ0) is 8.81. The topological polar surface area (TPSA) is 64.4 Å². The third-order valence-electron chi connectivity index (χ3n) is 0.983. The molecule has 1 heterocycles. The summed E-state index contributed by atoms with van der Waals surface area (Å²) in [5, 5.41) is 11.3. The van der Waals surface area contributed by atoms with Crippen LogP contribution in [0, 0.1) is 0 Å². The molecule has 5 nitrogen and oxygen atoms in total. The fourth-order valence-electron chi connectivity index (χ4n) is 0.530. The predicted molar refractivity (Wildman–Crippen MR) is 44.1 cm³/mol. The van der Waals surface area contributed by atoms with E-state index in [1.54, 1.807) is 6.92 Å². The quantitative estimate of drug-likeness (QED) is 0.388. The van der Waals surface area contributed by atoms with Gasteiger partial charge < -0.3 is 4.84 Å². The summed E-state index contributed by atoms with van der Waals surface area (Å²) in [6.07, 6.45) is 0.593. The van der Waals surface area contributed by atoms with Crippen molar-refractivity contribution in [2.24, 2.45) is 5.16 Å². The molecular formula is C6H7N3O2S. The lowest BCUT2D eigenvalue weighted by Gasteiger charge is -1.92. The van der Waals surface area contributed by atoms with E-state index in [1.807, 2.05) is 0 Å². The fraction of sp³-hybridized carbons (Fsp3) is 0.333. The molecule has 0 saturated heterocycles. The van der Waals surface area contributed by atoms with E-state index < -0.39 is 0 Å². The predicted octanol–water partition coefficient (Wildman–Crippen LogP) is 0.478. The van der Waals surface area contributed by atoms with Gasteiger partial charge in [-0.15, -0.1) is 10.2 Å². The van der Waals surface area contributed by atoms with E-state index in [2.05, 4.69) is 15.4 Å². The minimum atomic E-state index is 0.180. The summed E-state index contributed by atoms with van der Waals surface area (Å²) < 4.78 is 0. The largest absolute Gasteiger partial charge is 0.395 e. The number of aldehydes is 1. The van der Waals surface area contributed by atoms with Crippen LogP contribution in [0.25, 0.3) is 0 Å². The lowest BCUT2D eigenvalue weighted by molar-refractivity contribution is -0.102. The molecule has 0 atom stereocenters. The van der Waals surface area contributed by atoms with Gasteiger partial charge in [-0.3, -0.25) is 4.79 Å². The van der Waals surface area contributed by atoms with Crippen LogP contribution < -0.4 is 0 Å². The fourth-order valence-corrected chi connectivity index (χ4v) is 1.02. The molecule has 0 aromatic carbocycles. The Labute approximate surface area is 73.1 Å². The summed E-state index contributed by atoms with van der Waals surface area (Å²) in [5.74, 6) is 0. The first-order valence-corrected chi connectivity index (χ1v) is 4.18. The highest BCUT2D eigenvalue weighted by Gasteiger charge is 2.05.